The maximum atomic E-state index is 4.68. The van der Waals surface area contributed by atoms with Crippen LogP contribution >= 0.6 is 11.3 Å². The number of fused-ring (bicyclic) bond motifs is 7. The molecule has 0 spiro atoms. The van der Waals surface area contributed by atoms with Crippen molar-refractivity contribution < 1.29 is 4.57 Å². The molecule has 0 bridgehead atoms. The Bertz CT molecular complexity index is 1270. The third-order valence-electron chi connectivity index (χ3n) is 4.79. The normalized spacial score (nSPS) is 12.6. The van der Waals surface area contributed by atoms with E-state index in [4.69, 9.17) is 0 Å². The van der Waals surface area contributed by atoms with Crippen molar-refractivity contribution in [2.24, 2.45) is 0 Å². The van der Waals surface area contributed by atoms with Gasteiger partial charge in [0.2, 0.25) is 10.7 Å². The van der Waals surface area contributed by atoms with E-state index in [0.29, 0.717) is 0 Å². The van der Waals surface area contributed by atoms with Crippen LogP contribution in [-0.4, -0.2) is 14.5 Å². The van der Waals surface area contributed by atoms with Crippen LogP contribution in [0.15, 0.2) is 67.0 Å². The number of benzene rings is 1. The fraction of sp³-hybridized carbons (Fsp3) is 0.0500. The number of thiazole rings is 1. The van der Waals surface area contributed by atoms with Crippen LogP contribution in [0.25, 0.3) is 37.8 Å². The van der Waals surface area contributed by atoms with Gasteiger partial charge >= 0.3 is 5.65 Å². The maximum absolute atomic E-state index is 4.68. The minimum absolute atomic E-state index is 0.863. The van der Waals surface area contributed by atoms with Crippen LogP contribution in [0, 0.1) is 0 Å². The zero-order valence-corrected chi connectivity index (χ0v) is 14.1. The molecule has 5 heterocycles. The molecule has 1 aliphatic heterocycles. The molecule has 0 amide bonds. The average molecular weight is 341 g/mol. The lowest BCUT2D eigenvalue weighted by atomic mass is 10.2. The molecule has 4 aromatic heterocycles. The van der Waals surface area contributed by atoms with Gasteiger partial charge in [-0.25, -0.2) is 9.55 Å². The summed E-state index contributed by atoms with van der Waals surface area (Å²) in [6.45, 7) is 0.863. The summed E-state index contributed by atoms with van der Waals surface area (Å²) in [5, 5.41) is 2.43. The fourth-order valence-electron chi connectivity index (χ4n) is 3.74. The summed E-state index contributed by atoms with van der Waals surface area (Å²) >= 11 is 1.81. The Labute approximate surface area is 147 Å². The highest BCUT2D eigenvalue weighted by Gasteiger charge is 2.34. The SMILES string of the molecule is c1ccc(-n2c3ncccc3c3sc4[n+](c32)Cc2cccnc2-4)cc1. The Morgan fingerprint density at radius 2 is 1.76 bits per heavy atom. The number of aromatic nitrogens is 4. The first-order valence-corrected chi connectivity index (χ1v) is 9.05. The molecular formula is C20H13N4S+. The van der Waals surface area contributed by atoms with Crippen molar-refractivity contribution in [3.05, 3.63) is 72.6 Å². The number of nitrogens with zero attached hydrogens (tertiary/aromatic N) is 4. The molecule has 0 aliphatic carbocycles. The van der Waals surface area contributed by atoms with Gasteiger partial charge in [-0.3, -0.25) is 4.98 Å². The van der Waals surface area contributed by atoms with Crippen molar-refractivity contribution >= 4 is 32.7 Å². The van der Waals surface area contributed by atoms with Gasteiger partial charge in [0, 0.05) is 18.0 Å². The standard InChI is InChI=1S/C20H13N4S/c1-2-7-14(8-3-1)24-18-15(9-5-11-22-18)17-19(24)23-12-13-6-4-10-21-16(13)20(23)25-17/h1-11H,12H2/q+1. The summed E-state index contributed by atoms with van der Waals surface area (Å²) < 4.78 is 5.93. The molecule has 0 saturated heterocycles. The van der Waals surface area contributed by atoms with E-state index in [9.17, 15) is 0 Å². The van der Waals surface area contributed by atoms with Crippen molar-refractivity contribution in [1.82, 2.24) is 14.5 Å². The fourth-order valence-corrected chi connectivity index (χ4v) is 5.04. The van der Waals surface area contributed by atoms with Gasteiger partial charge in [-0.2, -0.15) is 4.57 Å². The monoisotopic (exact) mass is 341 g/mol. The zero-order valence-electron chi connectivity index (χ0n) is 13.3. The van der Waals surface area contributed by atoms with Crippen molar-refractivity contribution in [1.29, 1.82) is 0 Å². The lowest BCUT2D eigenvalue weighted by Gasteiger charge is -2.00. The molecule has 118 valence electrons. The van der Waals surface area contributed by atoms with Crippen LogP contribution in [0.4, 0.5) is 0 Å². The van der Waals surface area contributed by atoms with Gasteiger partial charge in [0.15, 0.2) is 0 Å². The third-order valence-corrected chi connectivity index (χ3v) is 6.01. The molecule has 4 nitrogen and oxygen atoms in total. The molecule has 5 heteroatoms. The van der Waals surface area contributed by atoms with E-state index >= 15 is 0 Å². The molecule has 0 atom stereocenters. The van der Waals surface area contributed by atoms with E-state index in [1.165, 1.54) is 26.3 Å². The van der Waals surface area contributed by atoms with Crippen LogP contribution in [0.3, 0.4) is 0 Å². The maximum Gasteiger partial charge on any atom is 0.308 e. The van der Waals surface area contributed by atoms with Crippen LogP contribution in [-0.2, 0) is 6.54 Å². The first-order valence-electron chi connectivity index (χ1n) is 8.23. The number of para-hydroxylation sites is 1. The largest absolute Gasteiger partial charge is 0.308 e. The van der Waals surface area contributed by atoms with Gasteiger partial charge in [0.05, 0.1) is 5.39 Å². The Kier molecular flexibility index (Phi) is 2.51. The van der Waals surface area contributed by atoms with Crippen LogP contribution in [0.1, 0.15) is 5.56 Å². The van der Waals surface area contributed by atoms with E-state index in [-0.39, 0.29) is 0 Å². The zero-order chi connectivity index (χ0) is 16.4. The van der Waals surface area contributed by atoms with E-state index in [2.05, 4.69) is 55.5 Å². The lowest BCUT2D eigenvalue weighted by molar-refractivity contribution is -0.644. The molecule has 0 unspecified atom stereocenters. The van der Waals surface area contributed by atoms with Gasteiger partial charge in [0.1, 0.15) is 22.6 Å². The van der Waals surface area contributed by atoms with Crippen molar-refractivity contribution in [2.75, 3.05) is 0 Å². The van der Waals surface area contributed by atoms with Crippen molar-refractivity contribution in [3.8, 4) is 16.4 Å². The van der Waals surface area contributed by atoms with E-state index < -0.39 is 0 Å². The second-order valence-corrected chi connectivity index (χ2v) is 7.20. The second kappa shape index (κ2) is 4.74. The number of hydrogen-bond donors (Lipinski definition) is 0. The van der Waals surface area contributed by atoms with Crippen molar-refractivity contribution in [3.63, 3.8) is 0 Å². The second-order valence-electron chi connectivity index (χ2n) is 6.20. The summed E-state index contributed by atoms with van der Waals surface area (Å²) in [4.78, 5) is 9.30. The molecule has 0 radical (unpaired) electrons. The number of rotatable bonds is 1. The summed E-state index contributed by atoms with van der Waals surface area (Å²) in [5.41, 5.74) is 5.75. The smallest absolute Gasteiger partial charge is 0.251 e. The highest BCUT2D eigenvalue weighted by molar-refractivity contribution is 7.22. The highest BCUT2D eigenvalue weighted by Crippen LogP contribution is 2.39. The molecule has 0 saturated carbocycles. The molecule has 1 aliphatic rings. The topological polar surface area (TPSA) is 34.6 Å². The summed E-state index contributed by atoms with van der Waals surface area (Å²) in [6.07, 6.45) is 3.75. The van der Waals surface area contributed by atoms with Crippen LogP contribution in [0.2, 0.25) is 0 Å². The van der Waals surface area contributed by atoms with Crippen molar-refractivity contribution in [2.45, 2.75) is 6.54 Å². The quantitative estimate of drug-likeness (QED) is 0.424. The van der Waals surface area contributed by atoms with E-state index in [0.717, 1.165) is 23.6 Å². The first-order chi connectivity index (χ1) is 12.4. The minimum Gasteiger partial charge on any atom is -0.251 e. The summed E-state index contributed by atoms with van der Waals surface area (Å²) in [6, 6.07) is 18.8. The van der Waals surface area contributed by atoms with E-state index in [1.807, 2.05) is 41.9 Å². The molecule has 6 rings (SSSR count). The van der Waals surface area contributed by atoms with Crippen LogP contribution < -0.4 is 4.57 Å². The molecule has 1 aromatic carbocycles. The minimum atomic E-state index is 0.863. The Morgan fingerprint density at radius 1 is 0.920 bits per heavy atom. The third kappa shape index (κ3) is 1.68. The lowest BCUT2D eigenvalue weighted by Crippen LogP contribution is -2.32. The number of pyridine rings is 2. The molecule has 5 aromatic rings. The van der Waals surface area contributed by atoms with E-state index in [1.54, 1.807) is 0 Å². The number of hydrogen-bond acceptors (Lipinski definition) is 3. The molecule has 0 N–H and O–H groups in total. The Morgan fingerprint density at radius 3 is 2.68 bits per heavy atom. The van der Waals surface area contributed by atoms with Gasteiger partial charge in [-0.05, 0) is 30.3 Å². The predicted octanol–water partition coefficient (Wildman–Crippen LogP) is 3.95. The predicted molar refractivity (Wildman–Crippen MR) is 99.0 cm³/mol. The molecule has 0 fully saturated rings. The Balaban J connectivity index is 1.79. The Hall–Kier alpha value is -3.05. The summed E-state index contributed by atoms with van der Waals surface area (Å²) in [5.74, 6) is 0. The first kappa shape index (κ1) is 13.3. The van der Waals surface area contributed by atoms with Crippen LogP contribution in [0.5, 0.6) is 0 Å². The summed E-state index contributed by atoms with van der Waals surface area (Å²) in [7, 11) is 0. The highest BCUT2D eigenvalue weighted by atomic mass is 32.1. The van der Waals surface area contributed by atoms with Gasteiger partial charge in [-0.1, -0.05) is 35.6 Å². The van der Waals surface area contributed by atoms with Gasteiger partial charge in [0.25, 0.3) is 0 Å². The van der Waals surface area contributed by atoms with Gasteiger partial charge in [-0.15, -0.1) is 0 Å². The van der Waals surface area contributed by atoms with Gasteiger partial charge < -0.3 is 0 Å². The average Bonchev–Trinajstić information content (AvgIpc) is 3.30. The molecular weight excluding hydrogens is 328 g/mol. The molecule has 25 heavy (non-hydrogen) atoms.